The second-order valence-electron chi connectivity index (χ2n) is 8.37. The van der Waals surface area contributed by atoms with Crippen LogP contribution in [-0.4, -0.2) is 36.0 Å². The van der Waals surface area contributed by atoms with Crippen LogP contribution in [0.5, 0.6) is 0 Å². The third kappa shape index (κ3) is 7.84. The van der Waals surface area contributed by atoms with Crippen molar-refractivity contribution < 1.29 is 19.5 Å². The van der Waals surface area contributed by atoms with E-state index < -0.39 is 0 Å². The Morgan fingerprint density at radius 1 is 0.621 bits per heavy atom. The fourth-order valence-corrected chi connectivity index (χ4v) is 13.5. The molecule has 4 atom stereocenters. The topological polar surface area (TPSA) is 0 Å². The van der Waals surface area contributed by atoms with Gasteiger partial charge < -0.3 is 14.9 Å². The predicted octanol–water partition coefficient (Wildman–Crippen LogP) is 7.12. The van der Waals surface area contributed by atoms with Crippen LogP contribution in [0.15, 0.2) is 60.7 Å². The Kier molecular flexibility index (Phi) is 13.1. The minimum atomic E-state index is -0.105. The normalized spacial score (nSPS) is 25.5. The van der Waals surface area contributed by atoms with Gasteiger partial charge in [-0.2, -0.15) is 0 Å². The Morgan fingerprint density at radius 3 is 1.38 bits per heavy atom. The van der Waals surface area contributed by atoms with Crippen molar-refractivity contribution in [1.82, 2.24) is 0 Å². The van der Waals surface area contributed by atoms with E-state index in [9.17, 15) is 0 Å². The van der Waals surface area contributed by atoms with E-state index >= 15 is 0 Å². The van der Waals surface area contributed by atoms with E-state index in [1.165, 1.54) is 38.5 Å². The molecule has 0 aliphatic carbocycles. The molecule has 0 aromatic heterocycles. The molecule has 1 radical (unpaired) electrons. The molecule has 2 fully saturated rings. The zero-order valence-electron chi connectivity index (χ0n) is 18.3. The molecule has 2 aliphatic heterocycles. The van der Waals surface area contributed by atoms with Crippen LogP contribution in [-0.2, 0) is 32.3 Å². The first-order chi connectivity index (χ1) is 12.9. The third-order valence-electron chi connectivity index (χ3n) is 6.67. The zero-order valence-corrected chi connectivity index (χ0v) is 22.0. The van der Waals surface area contributed by atoms with Gasteiger partial charge in [-0.25, -0.2) is 0 Å². The largest absolute Gasteiger partial charge is 2.00 e. The van der Waals surface area contributed by atoms with Crippen LogP contribution in [0.4, 0.5) is 0 Å². The minimum Gasteiger partial charge on any atom is -0.358 e. The molecule has 2 saturated heterocycles. The molecule has 0 bridgehead atoms. The van der Waals surface area contributed by atoms with Crippen LogP contribution < -0.4 is 0 Å². The van der Waals surface area contributed by atoms with E-state index in [1.54, 1.807) is 35.8 Å². The van der Waals surface area contributed by atoms with Crippen LogP contribution in [0, 0.1) is 14.9 Å². The summed E-state index contributed by atoms with van der Waals surface area (Å²) in [6.45, 7) is 0. The van der Waals surface area contributed by atoms with Gasteiger partial charge >= 0.3 is 19.5 Å². The summed E-state index contributed by atoms with van der Waals surface area (Å²) in [6, 6.07) is 22.6. The molecule has 161 valence electrons. The van der Waals surface area contributed by atoms with E-state index in [4.69, 9.17) is 0 Å². The Balaban J connectivity index is 0.00000140. The van der Waals surface area contributed by atoms with Crippen molar-refractivity contribution in [3.63, 3.8) is 0 Å². The fourth-order valence-electron chi connectivity index (χ4n) is 5.24. The molecule has 29 heavy (non-hydrogen) atoms. The first kappa shape index (κ1) is 27.0. The van der Waals surface area contributed by atoms with Crippen molar-refractivity contribution in [1.29, 1.82) is 0 Å². The third-order valence-corrected chi connectivity index (χ3v) is 14.2. The Labute approximate surface area is 195 Å². The van der Waals surface area contributed by atoms with Crippen LogP contribution >= 0.6 is 15.8 Å². The van der Waals surface area contributed by atoms with Crippen molar-refractivity contribution in [2.75, 3.05) is 24.6 Å². The van der Waals surface area contributed by atoms with Crippen LogP contribution in [0.25, 0.3) is 0 Å². The summed E-state index contributed by atoms with van der Waals surface area (Å²) in [5.74, 6) is 0. The average Bonchev–Trinajstić information content (AvgIpc) is 3.31. The van der Waals surface area contributed by atoms with E-state index in [2.05, 4.69) is 60.7 Å². The second-order valence-corrected chi connectivity index (χ2v) is 14.6. The molecule has 2 unspecified atom stereocenters. The predicted molar refractivity (Wildman–Crippen MR) is 135 cm³/mol. The first-order valence-corrected chi connectivity index (χ1v) is 14.6. The molecule has 0 N–H and O–H groups in total. The van der Waals surface area contributed by atoms with Crippen LogP contribution in [0.1, 0.15) is 36.8 Å². The summed E-state index contributed by atoms with van der Waals surface area (Å²) in [5, 5.41) is 0. The summed E-state index contributed by atoms with van der Waals surface area (Å²) in [7, 11) is -0.210. The van der Waals surface area contributed by atoms with Gasteiger partial charge in [0.25, 0.3) is 0 Å². The molecule has 2 aliphatic rings. The molecule has 0 amide bonds. The second kappa shape index (κ2) is 14.1. The van der Waals surface area contributed by atoms with Gasteiger partial charge in [0.2, 0.25) is 0 Å². The standard InChI is InChI=1S/C24H32P2.2CH3.Rh/c1-3-9-21(10-4-1)19-23-13-7-15-25(23)17-18-26-16-8-14-24(26)20-22-11-5-2-6-12-22;;;/h1-6,9-12,23-24H,7-8,13-20H2;2*1H3;/q;2*-1;+2/p+2/t23-,24-,25?,26?;;;/m0.../s1. The molecule has 2 heterocycles. The molecular weight excluding hydrogens is 477 g/mol. The molecule has 0 spiro atoms. The monoisotopic (exact) mass is 517 g/mol. The number of rotatable bonds is 7. The number of hydrogen-bond donors (Lipinski definition) is 0. The van der Waals surface area contributed by atoms with Crippen molar-refractivity contribution in [2.45, 2.75) is 49.8 Å². The van der Waals surface area contributed by atoms with Gasteiger partial charge in [0, 0.05) is 28.7 Å². The molecule has 4 rings (SSSR count). The average molecular weight is 517 g/mol. The van der Waals surface area contributed by atoms with Gasteiger partial charge in [0.15, 0.2) is 0 Å². The van der Waals surface area contributed by atoms with Gasteiger partial charge in [-0.05, 0) is 36.8 Å². The zero-order chi connectivity index (χ0) is 17.6. The maximum absolute atomic E-state index is 2.34. The van der Waals surface area contributed by atoms with Crippen molar-refractivity contribution >= 4 is 15.8 Å². The van der Waals surface area contributed by atoms with Crippen molar-refractivity contribution in [3.8, 4) is 0 Å². The van der Waals surface area contributed by atoms with Crippen molar-refractivity contribution in [3.05, 3.63) is 86.6 Å². The SMILES string of the molecule is [CH3-].[CH3-].[Rh+2].c1ccc(C[C@@H]2CCC[PH+]2CC[PH+]2CCC[C@H]2Cc2ccccc2)cc1. The van der Waals surface area contributed by atoms with Gasteiger partial charge in [-0.3, -0.25) is 0 Å². The van der Waals surface area contributed by atoms with Gasteiger partial charge in [-0.1, -0.05) is 60.7 Å². The molecular formula is C26H40P2Rh+2. The van der Waals surface area contributed by atoms with Gasteiger partial charge in [0.05, 0.1) is 36.0 Å². The number of benzene rings is 2. The summed E-state index contributed by atoms with van der Waals surface area (Å²) >= 11 is 0. The minimum absolute atomic E-state index is 0. The molecule has 2 aromatic carbocycles. The quantitative estimate of drug-likeness (QED) is 0.208. The summed E-state index contributed by atoms with van der Waals surface area (Å²) in [5.41, 5.74) is 5.27. The fraction of sp³-hybridized carbons (Fsp3) is 0.462. The van der Waals surface area contributed by atoms with E-state index in [0.717, 1.165) is 11.3 Å². The van der Waals surface area contributed by atoms with Crippen molar-refractivity contribution in [2.24, 2.45) is 0 Å². The molecule has 2 aromatic rings. The molecule has 3 heteroatoms. The Hall–Kier alpha value is -0.0766. The Bertz CT molecular complexity index is 601. The maximum Gasteiger partial charge on any atom is 2.00 e. The van der Waals surface area contributed by atoms with Gasteiger partial charge in [0.1, 0.15) is 0 Å². The van der Waals surface area contributed by atoms with E-state index in [-0.39, 0.29) is 50.2 Å². The molecule has 0 nitrogen and oxygen atoms in total. The summed E-state index contributed by atoms with van der Waals surface area (Å²) < 4.78 is 0. The maximum atomic E-state index is 2.34. The summed E-state index contributed by atoms with van der Waals surface area (Å²) in [6.07, 6.45) is 15.2. The van der Waals surface area contributed by atoms with Crippen LogP contribution in [0.2, 0.25) is 0 Å². The van der Waals surface area contributed by atoms with Gasteiger partial charge in [-0.15, -0.1) is 0 Å². The smallest absolute Gasteiger partial charge is 0.358 e. The molecule has 0 saturated carbocycles. The van der Waals surface area contributed by atoms with E-state index in [0.29, 0.717) is 0 Å². The number of hydrogen-bond acceptors (Lipinski definition) is 0. The van der Waals surface area contributed by atoms with E-state index in [1.807, 2.05) is 0 Å². The summed E-state index contributed by atoms with van der Waals surface area (Å²) in [4.78, 5) is 0. The first-order valence-electron chi connectivity index (χ1n) is 10.7. The van der Waals surface area contributed by atoms with Crippen LogP contribution in [0.3, 0.4) is 0 Å². The Morgan fingerprint density at radius 2 is 1.00 bits per heavy atom.